The summed E-state index contributed by atoms with van der Waals surface area (Å²) < 4.78 is 62.6. The largest absolute Gasteiger partial charge is 0.478 e. The van der Waals surface area contributed by atoms with Crippen LogP contribution in [0.3, 0.4) is 0 Å². The van der Waals surface area contributed by atoms with Crippen LogP contribution in [0.25, 0.3) is 0 Å². The number of nitrogens with zero attached hydrogens (tertiary/aromatic N) is 2. The third kappa shape index (κ3) is 3.91. The number of aromatic nitrogens is 1. The highest BCUT2D eigenvalue weighted by molar-refractivity contribution is 7.91. The number of halogens is 3. The monoisotopic (exact) mass is 380 g/mol. The lowest BCUT2D eigenvalue weighted by molar-refractivity contribution is -0.169. The number of sulfone groups is 1. The summed E-state index contributed by atoms with van der Waals surface area (Å²) in [5, 5.41) is 7.19. The molecule has 138 valence electrons. The molecular weight excluding hydrogens is 365 g/mol. The van der Waals surface area contributed by atoms with Crippen LogP contribution < -0.4 is 0 Å². The van der Waals surface area contributed by atoms with E-state index in [2.05, 4.69) is 4.98 Å². The molecular formula is C14H15F3N2O5S. The highest BCUT2D eigenvalue weighted by Crippen LogP contribution is 2.37. The van der Waals surface area contributed by atoms with Gasteiger partial charge in [-0.2, -0.15) is 13.2 Å². The van der Waals surface area contributed by atoms with Crippen molar-refractivity contribution in [3.8, 4) is 0 Å². The first kappa shape index (κ1) is 19.2. The van der Waals surface area contributed by atoms with Crippen LogP contribution in [0, 0.1) is 12.8 Å². The molecule has 7 nitrogen and oxygen atoms in total. The number of carboxylic acid groups (broad SMARTS) is 1. The SMILES string of the molecule is Cc1nc(C(=O)N2C[C@H](C(F)(F)F)[C@@H](S(C)(=O)=O)C2)ccc1C(=O)O. The van der Waals surface area contributed by atoms with Crippen molar-refractivity contribution >= 4 is 21.7 Å². The lowest BCUT2D eigenvalue weighted by Gasteiger charge is -2.19. The third-order valence-corrected chi connectivity index (χ3v) is 5.64. The van der Waals surface area contributed by atoms with Crippen LogP contribution >= 0.6 is 0 Å². The van der Waals surface area contributed by atoms with Gasteiger partial charge in [-0.3, -0.25) is 4.79 Å². The molecule has 1 aliphatic heterocycles. The lowest BCUT2D eigenvalue weighted by Crippen LogP contribution is -2.37. The Balaban J connectivity index is 2.32. The van der Waals surface area contributed by atoms with E-state index in [1.165, 1.54) is 6.92 Å². The second-order valence-corrected chi connectivity index (χ2v) is 8.13. The van der Waals surface area contributed by atoms with E-state index < -0.39 is 52.1 Å². The van der Waals surface area contributed by atoms with Gasteiger partial charge in [0.15, 0.2) is 9.84 Å². The summed E-state index contributed by atoms with van der Waals surface area (Å²) in [5.41, 5.74) is -0.345. The van der Waals surface area contributed by atoms with Gasteiger partial charge in [0.25, 0.3) is 5.91 Å². The molecule has 0 saturated carbocycles. The topological polar surface area (TPSA) is 105 Å². The predicted octanol–water partition coefficient (Wildman–Crippen LogP) is 1.14. The number of carbonyl (C=O) groups excluding carboxylic acids is 1. The molecule has 0 unspecified atom stereocenters. The molecule has 2 atom stereocenters. The first-order valence-electron chi connectivity index (χ1n) is 7.08. The smallest absolute Gasteiger partial charge is 0.394 e. The summed E-state index contributed by atoms with van der Waals surface area (Å²) in [6.45, 7) is -0.0349. The summed E-state index contributed by atoms with van der Waals surface area (Å²) in [6, 6.07) is 2.22. The van der Waals surface area contributed by atoms with E-state index in [1.807, 2.05) is 0 Å². The van der Waals surface area contributed by atoms with Gasteiger partial charge in [0, 0.05) is 19.3 Å². The summed E-state index contributed by atoms with van der Waals surface area (Å²) in [4.78, 5) is 27.9. The van der Waals surface area contributed by atoms with Crippen molar-refractivity contribution in [2.24, 2.45) is 5.92 Å². The Morgan fingerprint density at radius 1 is 1.28 bits per heavy atom. The second kappa shape index (κ2) is 6.28. The minimum absolute atomic E-state index is 0.0320. The minimum atomic E-state index is -4.76. The number of likely N-dealkylation sites (tertiary alicyclic amines) is 1. The number of alkyl halides is 3. The average molecular weight is 380 g/mol. The van der Waals surface area contributed by atoms with Crippen LogP contribution in [0.15, 0.2) is 12.1 Å². The maximum absolute atomic E-state index is 13.1. The normalized spacial score (nSPS) is 21.4. The van der Waals surface area contributed by atoms with Gasteiger partial charge < -0.3 is 10.0 Å². The number of carboxylic acids is 1. The highest BCUT2D eigenvalue weighted by Gasteiger charge is 2.54. The molecule has 2 rings (SSSR count). The molecule has 0 spiro atoms. The molecule has 0 bridgehead atoms. The maximum Gasteiger partial charge on any atom is 0.394 e. The van der Waals surface area contributed by atoms with Crippen molar-refractivity contribution in [2.75, 3.05) is 19.3 Å². The Labute approximate surface area is 141 Å². The Morgan fingerprint density at radius 2 is 1.88 bits per heavy atom. The van der Waals surface area contributed by atoms with E-state index in [9.17, 15) is 31.2 Å². The second-order valence-electron chi connectivity index (χ2n) is 5.86. The number of aromatic carboxylic acids is 1. The lowest BCUT2D eigenvalue weighted by atomic mass is 10.1. The summed E-state index contributed by atoms with van der Waals surface area (Å²) in [6.07, 6.45) is -4.06. The van der Waals surface area contributed by atoms with Gasteiger partial charge in [-0.15, -0.1) is 0 Å². The number of amides is 1. The third-order valence-electron chi connectivity index (χ3n) is 4.06. The summed E-state index contributed by atoms with van der Waals surface area (Å²) >= 11 is 0. The molecule has 1 N–H and O–H groups in total. The first-order valence-corrected chi connectivity index (χ1v) is 9.03. The van der Waals surface area contributed by atoms with Crippen LogP contribution in [0.5, 0.6) is 0 Å². The van der Waals surface area contributed by atoms with Crippen LogP contribution in [0.2, 0.25) is 0 Å². The van der Waals surface area contributed by atoms with Crippen molar-refractivity contribution in [1.29, 1.82) is 0 Å². The molecule has 1 amide bonds. The highest BCUT2D eigenvalue weighted by atomic mass is 32.2. The zero-order valence-electron chi connectivity index (χ0n) is 13.2. The van der Waals surface area contributed by atoms with E-state index in [1.54, 1.807) is 0 Å². The van der Waals surface area contributed by atoms with E-state index in [4.69, 9.17) is 5.11 Å². The van der Waals surface area contributed by atoms with E-state index >= 15 is 0 Å². The number of rotatable bonds is 3. The van der Waals surface area contributed by atoms with E-state index in [0.29, 0.717) is 6.26 Å². The molecule has 0 radical (unpaired) electrons. The van der Waals surface area contributed by atoms with Gasteiger partial charge in [0.05, 0.1) is 22.4 Å². The molecule has 1 aromatic rings. The fraction of sp³-hybridized carbons (Fsp3) is 0.500. The maximum atomic E-state index is 13.1. The van der Waals surface area contributed by atoms with Gasteiger partial charge in [-0.25, -0.2) is 18.2 Å². The summed E-state index contributed by atoms with van der Waals surface area (Å²) in [5.74, 6) is -4.30. The number of hydrogen-bond donors (Lipinski definition) is 1. The predicted molar refractivity (Wildman–Crippen MR) is 80.0 cm³/mol. The van der Waals surface area contributed by atoms with Gasteiger partial charge in [0.1, 0.15) is 5.69 Å². The van der Waals surface area contributed by atoms with Gasteiger partial charge >= 0.3 is 12.1 Å². The molecule has 11 heteroatoms. The van der Waals surface area contributed by atoms with Crippen LogP contribution in [0.4, 0.5) is 13.2 Å². The first-order chi connectivity index (χ1) is 11.3. The van der Waals surface area contributed by atoms with Crippen molar-refractivity contribution < 1.29 is 36.3 Å². The fourth-order valence-electron chi connectivity index (χ4n) is 2.76. The molecule has 1 aromatic heterocycles. The molecule has 1 fully saturated rings. The number of hydrogen-bond acceptors (Lipinski definition) is 5. The van der Waals surface area contributed by atoms with Crippen molar-refractivity contribution in [3.63, 3.8) is 0 Å². The van der Waals surface area contributed by atoms with Crippen molar-refractivity contribution in [3.05, 3.63) is 29.1 Å². The van der Waals surface area contributed by atoms with Crippen LogP contribution in [0.1, 0.15) is 26.5 Å². The fourth-order valence-corrected chi connectivity index (χ4v) is 4.04. The van der Waals surface area contributed by atoms with Gasteiger partial charge in [-0.05, 0) is 19.1 Å². The minimum Gasteiger partial charge on any atom is -0.478 e. The Bertz CT molecular complexity index is 822. The zero-order chi connectivity index (χ0) is 19.2. The van der Waals surface area contributed by atoms with Gasteiger partial charge in [0.2, 0.25) is 0 Å². The van der Waals surface area contributed by atoms with Crippen LogP contribution in [-0.4, -0.2) is 66.1 Å². The molecule has 1 aliphatic rings. The Morgan fingerprint density at radius 3 is 2.28 bits per heavy atom. The molecule has 0 aromatic carbocycles. The van der Waals surface area contributed by atoms with E-state index in [-0.39, 0.29) is 17.0 Å². The molecule has 25 heavy (non-hydrogen) atoms. The van der Waals surface area contributed by atoms with Crippen molar-refractivity contribution in [2.45, 2.75) is 18.3 Å². The molecule has 1 saturated heterocycles. The van der Waals surface area contributed by atoms with Crippen LogP contribution in [-0.2, 0) is 9.84 Å². The molecule has 2 heterocycles. The molecule has 0 aliphatic carbocycles. The Hall–Kier alpha value is -2.17. The number of pyridine rings is 1. The number of carbonyl (C=O) groups is 2. The van der Waals surface area contributed by atoms with E-state index in [0.717, 1.165) is 17.0 Å². The van der Waals surface area contributed by atoms with Gasteiger partial charge in [-0.1, -0.05) is 0 Å². The standard InChI is InChI=1S/C14H15F3N2O5S/c1-7-8(13(21)22)3-4-10(18-7)12(20)19-5-9(14(15,16)17)11(6-19)25(2,23)24/h3-4,9,11H,5-6H2,1-2H3,(H,21,22)/t9-,11-/m0/s1. The zero-order valence-corrected chi connectivity index (χ0v) is 14.1. The Kier molecular flexibility index (Phi) is 4.81. The average Bonchev–Trinajstić information content (AvgIpc) is 2.91. The summed E-state index contributed by atoms with van der Waals surface area (Å²) in [7, 11) is -4.02. The van der Waals surface area contributed by atoms with Crippen molar-refractivity contribution in [1.82, 2.24) is 9.88 Å². The quantitative estimate of drug-likeness (QED) is 0.843. The number of aryl methyl sites for hydroxylation is 1.